The van der Waals surface area contributed by atoms with Gasteiger partial charge in [0.25, 0.3) is 0 Å². The predicted octanol–water partition coefficient (Wildman–Crippen LogP) is 3.41. The molecule has 0 radical (unpaired) electrons. The molecule has 0 saturated heterocycles. The molecule has 0 spiro atoms. The minimum absolute atomic E-state index is 0.0948. The fourth-order valence-corrected chi connectivity index (χ4v) is 3.33. The summed E-state index contributed by atoms with van der Waals surface area (Å²) in [6, 6.07) is 16.5. The van der Waals surface area contributed by atoms with E-state index in [4.69, 9.17) is 11.5 Å². The third-order valence-electron chi connectivity index (χ3n) is 3.39. The molecule has 1 atom stereocenters. The standard InChI is InChI=1S/C16H16N2S/c17-9-11-4-3-5-12(8-11)16(18)14-10-19-15-7-2-1-6-13(14)15/h1-8,10,16H,9,17-18H2. The summed E-state index contributed by atoms with van der Waals surface area (Å²) < 4.78 is 1.28. The van der Waals surface area contributed by atoms with Crippen LogP contribution in [0.1, 0.15) is 22.7 Å². The second-order valence-corrected chi connectivity index (χ2v) is 5.53. The molecule has 2 aromatic carbocycles. The van der Waals surface area contributed by atoms with E-state index in [0.29, 0.717) is 6.54 Å². The van der Waals surface area contributed by atoms with E-state index in [1.807, 2.05) is 12.1 Å². The quantitative estimate of drug-likeness (QED) is 0.765. The minimum Gasteiger partial charge on any atom is -0.326 e. The van der Waals surface area contributed by atoms with Gasteiger partial charge in [-0.1, -0.05) is 42.5 Å². The molecule has 3 rings (SSSR count). The summed E-state index contributed by atoms with van der Waals surface area (Å²) in [7, 11) is 0. The highest BCUT2D eigenvalue weighted by Crippen LogP contribution is 2.32. The van der Waals surface area contributed by atoms with Crippen molar-refractivity contribution in [2.45, 2.75) is 12.6 Å². The van der Waals surface area contributed by atoms with Crippen molar-refractivity contribution in [2.75, 3.05) is 0 Å². The normalized spacial score (nSPS) is 12.7. The Morgan fingerprint density at radius 2 is 1.89 bits per heavy atom. The summed E-state index contributed by atoms with van der Waals surface area (Å²) in [6.07, 6.45) is 0. The zero-order valence-corrected chi connectivity index (χ0v) is 11.4. The van der Waals surface area contributed by atoms with Crippen LogP contribution in [-0.2, 0) is 6.54 Å². The number of fused-ring (bicyclic) bond motifs is 1. The van der Waals surface area contributed by atoms with Crippen LogP contribution >= 0.6 is 11.3 Å². The molecule has 0 aliphatic rings. The van der Waals surface area contributed by atoms with Crippen molar-refractivity contribution in [1.29, 1.82) is 0 Å². The molecular weight excluding hydrogens is 252 g/mol. The molecule has 3 heteroatoms. The third kappa shape index (κ3) is 2.28. The van der Waals surface area contributed by atoms with Gasteiger partial charge < -0.3 is 11.5 Å². The van der Waals surface area contributed by atoms with Crippen molar-refractivity contribution < 1.29 is 0 Å². The van der Waals surface area contributed by atoms with E-state index < -0.39 is 0 Å². The maximum atomic E-state index is 6.42. The van der Waals surface area contributed by atoms with Crippen LogP contribution in [0.3, 0.4) is 0 Å². The highest BCUT2D eigenvalue weighted by atomic mass is 32.1. The molecule has 19 heavy (non-hydrogen) atoms. The molecule has 1 unspecified atom stereocenters. The van der Waals surface area contributed by atoms with E-state index in [-0.39, 0.29) is 6.04 Å². The Balaban J connectivity index is 2.05. The van der Waals surface area contributed by atoms with Crippen LogP contribution in [0.2, 0.25) is 0 Å². The van der Waals surface area contributed by atoms with Crippen molar-refractivity contribution in [2.24, 2.45) is 11.5 Å². The van der Waals surface area contributed by atoms with Gasteiger partial charge in [-0.3, -0.25) is 0 Å². The monoisotopic (exact) mass is 268 g/mol. The molecule has 1 heterocycles. The molecule has 0 saturated carbocycles. The average molecular weight is 268 g/mol. The van der Waals surface area contributed by atoms with Gasteiger partial charge in [0.2, 0.25) is 0 Å². The third-order valence-corrected chi connectivity index (χ3v) is 4.37. The summed E-state index contributed by atoms with van der Waals surface area (Å²) in [4.78, 5) is 0. The molecule has 0 bridgehead atoms. The van der Waals surface area contributed by atoms with E-state index in [9.17, 15) is 0 Å². The molecular formula is C16H16N2S. The van der Waals surface area contributed by atoms with Crippen LogP contribution in [0.4, 0.5) is 0 Å². The van der Waals surface area contributed by atoms with Crippen molar-refractivity contribution in [3.05, 3.63) is 70.6 Å². The molecule has 2 nitrogen and oxygen atoms in total. The van der Waals surface area contributed by atoms with Crippen LogP contribution in [0, 0.1) is 0 Å². The van der Waals surface area contributed by atoms with Gasteiger partial charge in [0.05, 0.1) is 6.04 Å². The highest BCUT2D eigenvalue weighted by molar-refractivity contribution is 7.17. The van der Waals surface area contributed by atoms with E-state index >= 15 is 0 Å². The molecule has 4 N–H and O–H groups in total. The van der Waals surface area contributed by atoms with Crippen molar-refractivity contribution in [3.63, 3.8) is 0 Å². The second-order valence-electron chi connectivity index (χ2n) is 4.61. The lowest BCUT2D eigenvalue weighted by molar-refractivity contribution is 0.879. The Hall–Kier alpha value is -1.68. The first-order valence-corrected chi connectivity index (χ1v) is 7.18. The second kappa shape index (κ2) is 5.13. The minimum atomic E-state index is -0.0948. The summed E-state index contributed by atoms with van der Waals surface area (Å²) in [5.41, 5.74) is 15.5. The first kappa shape index (κ1) is 12.4. The first-order chi connectivity index (χ1) is 9.29. The van der Waals surface area contributed by atoms with Crippen LogP contribution in [-0.4, -0.2) is 0 Å². The highest BCUT2D eigenvalue weighted by Gasteiger charge is 2.13. The molecule has 0 fully saturated rings. The average Bonchev–Trinajstić information content (AvgIpc) is 2.90. The number of benzene rings is 2. The number of thiophene rings is 1. The number of nitrogens with two attached hydrogens (primary N) is 2. The van der Waals surface area contributed by atoms with E-state index in [2.05, 4.69) is 41.8 Å². The van der Waals surface area contributed by atoms with Gasteiger partial charge in [0.1, 0.15) is 0 Å². The molecule has 1 aromatic heterocycles. The van der Waals surface area contributed by atoms with E-state index in [1.54, 1.807) is 11.3 Å². The van der Waals surface area contributed by atoms with Gasteiger partial charge in [-0.05, 0) is 33.5 Å². The topological polar surface area (TPSA) is 52.0 Å². The maximum absolute atomic E-state index is 6.42. The zero-order chi connectivity index (χ0) is 13.2. The van der Waals surface area contributed by atoms with E-state index in [0.717, 1.165) is 11.1 Å². The van der Waals surface area contributed by atoms with Gasteiger partial charge in [-0.15, -0.1) is 11.3 Å². The van der Waals surface area contributed by atoms with Crippen molar-refractivity contribution in [1.82, 2.24) is 0 Å². The maximum Gasteiger partial charge on any atom is 0.0566 e. The molecule has 3 aromatic rings. The Morgan fingerprint density at radius 3 is 2.74 bits per heavy atom. The summed E-state index contributed by atoms with van der Waals surface area (Å²) in [6.45, 7) is 0.547. The van der Waals surface area contributed by atoms with Crippen LogP contribution in [0.15, 0.2) is 53.9 Å². The Morgan fingerprint density at radius 1 is 1.05 bits per heavy atom. The van der Waals surface area contributed by atoms with Gasteiger partial charge in [0, 0.05) is 11.2 Å². The van der Waals surface area contributed by atoms with Crippen LogP contribution < -0.4 is 11.5 Å². The molecule has 0 aliphatic carbocycles. The first-order valence-electron chi connectivity index (χ1n) is 6.30. The van der Waals surface area contributed by atoms with Gasteiger partial charge in [-0.2, -0.15) is 0 Å². The Labute approximate surface area is 116 Å². The number of hydrogen-bond acceptors (Lipinski definition) is 3. The smallest absolute Gasteiger partial charge is 0.0566 e. The lowest BCUT2D eigenvalue weighted by Crippen LogP contribution is -2.12. The molecule has 0 aliphatic heterocycles. The molecule has 0 amide bonds. The summed E-state index contributed by atoms with van der Waals surface area (Å²) in [5, 5.41) is 3.41. The summed E-state index contributed by atoms with van der Waals surface area (Å²) >= 11 is 1.74. The fourth-order valence-electron chi connectivity index (χ4n) is 2.33. The van der Waals surface area contributed by atoms with Crippen LogP contribution in [0.5, 0.6) is 0 Å². The van der Waals surface area contributed by atoms with E-state index in [1.165, 1.54) is 15.6 Å². The molecule has 96 valence electrons. The van der Waals surface area contributed by atoms with Gasteiger partial charge in [0.15, 0.2) is 0 Å². The number of hydrogen-bond donors (Lipinski definition) is 2. The van der Waals surface area contributed by atoms with Crippen LogP contribution in [0.25, 0.3) is 10.1 Å². The summed E-state index contributed by atoms with van der Waals surface area (Å²) in [5.74, 6) is 0. The lowest BCUT2D eigenvalue weighted by atomic mass is 9.97. The zero-order valence-electron chi connectivity index (χ0n) is 10.5. The predicted molar refractivity (Wildman–Crippen MR) is 82.2 cm³/mol. The van der Waals surface area contributed by atoms with Gasteiger partial charge >= 0.3 is 0 Å². The fraction of sp³-hybridized carbons (Fsp3) is 0.125. The van der Waals surface area contributed by atoms with Crippen molar-refractivity contribution >= 4 is 21.4 Å². The number of rotatable bonds is 3. The van der Waals surface area contributed by atoms with Crippen molar-refractivity contribution in [3.8, 4) is 0 Å². The lowest BCUT2D eigenvalue weighted by Gasteiger charge is -2.12. The Kier molecular flexibility index (Phi) is 3.34. The Bertz CT molecular complexity index is 703. The SMILES string of the molecule is NCc1cccc(C(N)c2csc3ccccc23)c1. The largest absolute Gasteiger partial charge is 0.326 e. The van der Waals surface area contributed by atoms with Gasteiger partial charge in [-0.25, -0.2) is 0 Å².